The molecule has 1 aliphatic heterocycles. The van der Waals surface area contributed by atoms with Gasteiger partial charge in [0.2, 0.25) is 11.5 Å². The number of ether oxygens (including phenoxy) is 1. The van der Waals surface area contributed by atoms with Crippen LogP contribution < -0.4 is 11.1 Å². The Morgan fingerprint density at radius 3 is 2.81 bits per heavy atom. The van der Waals surface area contributed by atoms with Gasteiger partial charge in [-0.2, -0.15) is 0 Å². The van der Waals surface area contributed by atoms with Crippen LogP contribution in [0, 0.1) is 23.5 Å². The number of primary amides is 1. The highest BCUT2D eigenvalue weighted by atomic mass is 19.1. The second kappa shape index (κ2) is 9.25. The number of methoxy groups -OCH3 is 1. The van der Waals surface area contributed by atoms with E-state index in [1.54, 1.807) is 0 Å². The van der Waals surface area contributed by atoms with Crippen LogP contribution in [-0.2, 0) is 9.53 Å². The minimum absolute atomic E-state index is 0.0198. The van der Waals surface area contributed by atoms with Crippen molar-refractivity contribution in [2.45, 2.75) is 18.1 Å². The summed E-state index contributed by atoms with van der Waals surface area (Å²) in [7, 11) is 2.91. The van der Waals surface area contributed by atoms with E-state index >= 15 is 0 Å². The first-order valence-corrected chi connectivity index (χ1v) is 9.53. The van der Waals surface area contributed by atoms with E-state index in [2.05, 4.69) is 27.1 Å². The molecule has 1 aromatic heterocycles. The van der Waals surface area contributed by atoms with Gasteiger partial charge in [0.1, 0.15) is 17.3 Å². The highest BCUT2D eigenvalue weighted by molar-refractivity contribution is 5.91. The van der Waals surface area contributed by atoms with Crippen molar-refractivity contribution in [2.24, 2.45) is 5.73 Å². The van der Waals surface area contributed by atoms with Crippen molar-refractivity contribution >= 4 is 17.8 Å². The number of hydrogen-bond donors (Lipinski definition) is 3. The van der Waals surface area contributed by atoms with Gasteiger partial charge in [0, 0.05) is 44.9 Å². The number of aliphatic hydroxyl groups is 1. The minimum atomic E-state index is -1.93. The summed E-state index contributed by atoms with van der Waals surface area (Å²) in [6.45, 7) is 0.248. The fraction of sp³-hybridized carbons (Fsp3) is 0.333. The number of likely N-dealkylation sites (N-methyl/N-ethyl adjacent to an activating group) is 1. The Hall–Kier alpha value is -3.62. The molecule has 2 amide bonds. The lowest BCUT2D eigenvalue weighted by Crippen LogP contribution is -2.37. The van der Waals surface area contributed by atoms with Crippen LogP contribution in [0.15, 0.2) is 24.4 Å². The largest absolute Gasteiger partial charge is 0.382 e. The van der Waals surface area contributed by atoms with Gasteiger partial charge in [-0.1, -0.05) is 11.8 Å². The lowest BCUT2D eigenvalue weighted by molar-refractivity contribution is -0.137. The van der Waals surface area contributed by atoms with Gasteiger partial charge in [-0.25, -0.2) is 18.7 Å². The summed E-state index contributed by atoms with van der Waals surface area (Å²) in [6.07, 6.45) is 1.37. The summed E-state index contributed by atoms with van der Waals surface area (Å²) in [5, 5.41) is 13.2. The highest BCUT2D eigenvalue weighted by Crippen LogP contribution is 2.25. The molecule has 1 aliphatic rings. The summed E-state index contributed by atoms with van der Waals surface area (Å²) in [6, 6.07) is 2.24. The van der Waals surface area contributed by atoms with Gasteiger partial charge in [0.15, 0.2) is 0 Å². The smallest absolute Gasteiger partial charge is 0.267 e. The molecule has 1 fully saturated rings. The molecule has 168 valence electrons. The molecule has 0 aliphatic carbocycles. The zero-order chi connectivity index (χ0) is 23.5. The molecule has 4 N–H and O–H groups in total. The number of nitrogens with two attached hydrogens (primary N) is 1. The van der Waals surface area contributed by atoms with E-state index in [-0.39, 0.29) is 35.8 Å². The van der Waals surface area contributed by atoms with Gasteiger partial charge < -0.3 is 25.8 Å². The first-order valence-electron chi connectivity index (χ1n) is 9.53. The second-order valence-corrected chi connectivity index (χ2v) is 7.22. The summed E-state index contributed by atoms with van der Waals surface area (Å²) in [5.74, 6) is 1.64. The van der Waals surface area contributed by atoms with Crippen molar-refractivity contribution in [1.82, 2.24) is 14.9 Å². The molecule has 2 aromatic rings. The average Bonchev–Trinajstić information content (AvgIpc) is 3.01. The second-order valence-electron chi connectivity index (χ2n) is 7.22. The summed E-state index contributed by atoms with van der Waals surface area (Å²) in [5.41, 5.74) is 3.00. The van der Waals surface area contributed by atoms with E-state index in [9.17, 15) is 23.5 Å². The molecule has 1 saturated heterocycles. The first kappa shape index (κ1) is 23.1. The van der Waals surface area contributed by atoms with Gasteiger partial charge in [0.05, 0.1) is 18.2 Å². The number of likely N-dealkylation sites (tertiary alicyclic amines) is 1. The number of amides is 2. The quantitative estimate of drug-likeness (QED) is 0.555. The number of halogens is 2. The number of hydrogen-bond acceptors (Lipinski definition) is 7. The predicted molar refractivity (Wildman–Crippen MR) is 109 cm³/mol. The number of carbonyl (C=O) groups is 2. The van der Waals surface area contributed by atoms with Crippen molar-refractivity contribution in [1.29, 1.82) is 0 Å². The zero-order valence-electron chi connectivity index (χ0n) is 17.4. The molecule has 1 aromatic carbocycles. The fourth-order valence-corrected chi connectivity index (χ4v) is 3.17. The van der Waals surface area contributed by atoms with Crippen LogP contribution in [0.25, 0.3) is 0 Å². The van der Waals surface area contributed by atoms with E-state index in [1.165, 1.54) is 31.3 Å². The SMILES string of the molecule is COCC(Nc1nccc(C(N)=O)n1)c1cc(C#C[C@]2(O)CCN(C)C2=O)c(F)cc1F. The van der Waals surface area contributed by atoms with Crippen LogP contribution in [0.2, 0.25) is 0 Å². The van der Waals surface area contributed by atoms with Crippen LogP contribution >= 0.6 is 0 Å². The topological polar surface area (TPSA) is 131 Å². The van der Waals surface area contributed by atoms with E-state index < -0.39 is 35.1 Å². The van der Waals surface area contributed by atoms with E-state index in [4.69, 9.17) is 10.5 Å². The molecule has 3 rings (SSSR count). The van der Waals surface area contributed by atoms with Crippen molar-refractivity contribution in [3.63, 3.8) is 0 Å². The van der Waals surface area contributed by atoms with E-state index in [0.29, 0.717) is 12.6 Å². The predicted octanol–water partition coefficient (Wildman–Crippen LogP) is 0.598. The zero-order valence-corrected chi connectivity index (χ0v) is 17.4. The van der Waals surface area contributed by atoms with E-state index in [1.807, 2.05) is 0 Å². The Balaban J connectivity index is 1.95. The third-order valence-corrected chi connectivity index (χ3v) is 4.92. The third kappa shape index (κ3) is 4.82. The van der Waals surface area contributed by atoms with Crippen LogP contribution in [-0.4, -0.2) is 64.7 Å². The molecule has 0 spiro atoms. The Labute approximate surface area is 182 Å². The molecule has 9 nitrogen and oxygen atoms in total. The van der Waals surface area contributed by atoms with Gasteiger partial charge in [-0.05, 0) is 12.1 Å². The molecule has 2 heterocycles. The molecular weight excluding hydrogens is 424 g/mol. The van der Waals surface area contributed by atoms with Crippen LogP contribution in [0.1, 0.15) is 34.1 Å². The molecule has 2 atom stereocenters. The lowest BCUT2D eigenvalue weighted by Gasteiger charge is -2.19. The third-order valence-electron chi connectivity index (χ3n) is 4.92. The van der Waals surface area contributed by atoms with Crippen molar-refractivity contribution < 1.29 is 28.2 Å². The number of benzene rings is 1. The maximum atomic E-state index is 14.6. The van der Waals surface area contributed by atoms with Crippen LogP contribution in [0.5, 0.6) is 0 Å². The standard InChI is InChI=1S/C21H21F2N5O4/c1-28-8-6-21(31,19(28)30)5-3-12-9-13(15(23)10-14(12)22)17(11-32-2)27-20-25-7-4-16(26-20)18(24)29/h4,7,9-10,17,31H,6,8,11H2,1-2H3,(H2,24,29)(H,25,26,27)/t17?,21-/m0/s1. The average molecular weight is 445 g/mol. The molecule has 32 heavy (non-hydrogen) atoms. The van der Waals surface area contributed by atoms with Gasteiger partial charge in [-0.3, -0.25) is 9.59 Å². The summed E-state index contributed by atoms with van der Waals surface area (Å²) >= 11 is 0. The number of nitrogens with zero attached hydrogens (tertiary/aromatic N) is 3. The molecule has 0 radical (unpaired) electrons. The first-order chi connectivity index (χ1) is 15.1. The normalized spacial score (nSPS) is 18.8. The van der Waals surface area contributed by atoms with Crippen molar-refractivity contribution in [3.8, 4) is 11.8 Å². The Bertz CT molecular complexity index is 1120. The van der Waals surface area contributed by atoms with Gasteiger partial charge in [0.25, 0.3) is 11.8 Å². The maximum absolute atomic E-state index is 14.6. The van der Waals surface area contributed by atoms with Crippen LogP contribution in [0.3, 0.4) is 0 Å². The Kier molecular flexibility index (Phi) is 6.67. The molecule has 0 saturated carbocycles. The van der Waals surface area contributed by atoms with Crippen molar-refractivity contribution in [3.05, 3.63) is 52.9 Å². The lowest BCUT2D eigenvalue weighted by atomic mass is 10.0. The maximum Gasteiger partial charge on any atom is 0.267 e. The van der Waals surface area contributed by atoms with Gasteiger partial charge >= 0.3 is 0 Å². The van der Waals surface area contributed by atoms with Crippen molar-refractivity contribution in [2.75, 3.05) is 32.6 Å². The molecule has 1 unspecified atom stereocenters. The number of carbonyl (C=O) groups excluding carboxylic acids is 2. The van der Waals surface area contributed by atoms with E-state index in [0.717, 1.165) is 6.07 Å². The molecule has 0 bridgehead atoms. The Morgan fingerprint density at radius 2 is 2.19 bits per heavy atom. The molecule has 11 heteroatoms. The minimum Gasteiger partial charge on any atom is -0.382 e. The fourth-order valence-electron chi connectivity index (χ4n) is 3.17. The monoisotopic (exact) mass is 445 g/mol. The Morgan fingerprint density at radius 1 is 1.44 bits per heavy atom. The summed E-state index contributed by atoms with van der Waals surface area (Å²) in [4.78, 5) is 32.6. The van der Waals surface area contributed by atoms with Gasteiger partial charge in [-0.15, -0.1) is 0 Å². The highest BCUT2D eigenvalue weighted by Gasteiger charge is 2.42. The molecular formula is C21H21F2N5O4. The number of aromatic nitrogens is 2. The number of nitrogens with one attached hydrogen (secondary N) is 1. The van der Waals surface area contributed by atoms with Crippen LogP contribution in [0.4, 0.5) is 14.7 Å². The number of rotatable bonds is 6. The summed E-state index contributed by atoms with van der Waals surface area (Å²) < 4.78 is 34.1. The number of anilines is 1.